The van der Waals surface area contributed by atoms with Crippen LogP contribution in [-0.4, -0.2) is 40.6 Å². The van der Waals surface area contributed by atoms with Crippen molar-refractivity contribution >= 4 is 28.3 Å². The van der Waals surface area contributed by atoms with Gasteiger partial charge in [0.15, 0.2) is 0 Å². The van der Waals surface area contributed by atoms with Gasteiger partial charge in [-0.25, -0.2) is 0 Å². The molecule has 4 rings (SSSR count). The summed E-state index contributed by atoms with van der Waals surface area (Å²) in [4.78, 5) is 28.0. The van der Waals surface area contributed by atoms with Crippen molar-refractivity contribution in [3.63, 3.8) is 0 Å². The van der Waals surface area contributed by atoms with Crippen LogP contribution in [0.1, 0.15) is 68.0 Å². The molecule has 2 aromatic rings. The number of aromatic nitrogens is 2. The summed E-state index contributed by atoms with van der Waals surface area (Å²) in [7, 11) is 1.62. The molecule has 0 radical (unpaired) electrons. The lowest BCUT2D eigenvalue weighted by molar-refractivity contribution is -0.142. The SMILES string of the molecule is CCCCN1C(=O)CCC(C(=O)Nc2nnc(C3CC3)s2)C1c1ccccc1OC. The van der Waals surface area contributed by atoms with E-state index in [0.717, 1.165) is 36.3 Å². The van der Waals surface area contributed by atoms with Crippen LogP contribution in [0.25, 0.3) is 0 Å². The smallest absolute Gasteiger partial charge is 0.231 e. The number of piperidine rings is 1. The lowest BCUT2D eigenvalue weighted by Crippen LogP contribution is -2.47. The topological polar surface area (TPSA) is 84.4 Å². The molecule has 0 spiro atoms. The van der Waals surface area contributed by atoms with Gasteiger partial charge in [0.2, 0.25) is 16.9 Å². The fourth-order valence-corrected chi connectivity index (χ4v) is 5.01. The predicted octanol–water partition coefficient (Wildman–Crippen LogP) is 4.14. The Morgan fingerprint density at radius 1 is 1.27 bits per heavy atom. The highest BCUT2D eigenvalue weighted by Crippen LogP contribution is 2.43. The molecule has 8 heteroatoms. The number of rotatable bonds is 8. The van der Waals surface area contributed by atoms with Gasteiger partial charge in [-0.2, -0.15) is 0 Å². The molecule has 1 saturated heterocycles. The van der Waals surface area contributed by atoms with Crippen molar-refractivity contribution in [2.24, 2.45) is 5.92 Å². The number of nitrogens with zero attached hydrogens (tertiary/aromatic N) is 3. The zero-order valence-corrected chi connectivity index (χ0v) is 18.3. The van der Waals surface area contributed by atoms with Gasteiger partial charge >= 0.3 is 0 Å². The number of amides is 2. The van der Waals surface area contributed by atoms with Crippen LogP contribution in [0.15, 0.2) is 24.3 Å². The van der Waals surface area contributed by atoms with Gasteiger partial charge in [0.05, 0.1) is 19.1 Å². The van der Waals surface area contributed by atoms with Crippen LogP contribution in [0.3, 0.4) is 0 Å². The summed E-state index contributed by atoms with van der Waals surface area (Å²) in [6.07, 6.45) is 5.05. The predicted molar refractivity (Wildman–Crippen MR) is 116 cm³/mol. The van der Waals surface area contributed by atoms with Crippen LogP contribution in [-0.2, 0) is 9.59 Å². The standard InChI is InChI=1S/C22H28N4O3S/c1-3-4-13-26-18(27)12-11-16(19(26)15-7-5-6-8-17(15)29-2)20(28)23-22-25-24-21(30-22)14-9-10-14/h5-8,14,16,19H,3-4,9-13H2,1-2H3,(H,23,25,28). The molecule has 1 aliphatic carbocycles. The van der Waals surface area contributed by atoms with Gasteiger partial charge in [-0.3, -0.25) is 9.59 Å². The molecule has 2 unspecified atom stereocenters. The van der Waals surface area contributed by atoms with E-state index in [1.807, 2.05) is 29.2 Å². The molecule has 2 fully saturated rings. The summed E-state index contributed by atoms with van der Waals surface area (Å²) in [5.41, 5.74) is 0.875. The van der Waals surface area contributed by atoms with Crippen molar-refractivity contribution < 1.29 is 14.3 Å². The van der Waals surface area contributed by atoms with Crippen molar-refractivity contribution in [2.45, 2.75) is 57.4 Å². The number of nitrogens with one attached hydrogen (secondary N) is 1. The monoisotopic (exact) mass is 428 g/mol. The van der Waals surface area contributed by atoms with E-state index in [0.29, 0.717) is 36.2 Å². The second kappa shape index (κ2) is 9.12. The van der Waals surface area contributed by atoms with Gasteiger partial charge in [-0.15, -0.1) is 10.2 Å². The number of unbranched alkanes of at least 4 members (excludes halogenated alkanes) is 1. The van der Waals surface area contributed by atoms with Crippen molar-refractivity contribution in [1.82, 2.24) is 15.1 Å². The van der Waals surface area contributed by atoms with Gasteiger partial charge < -0.3 is 15.0 Å². The van der Waals surface area contributed by atoms with E-state index in [1.165, 1.54) is 11.3 Å². The van der Waals surface area contributed by atoms with E-state index >= 15 is 0 Å². The van der Waals surface area contributed by atoms with Gasteiger partial charge in [-0.05, 0) is 31.7 Å². The summed E-state index contributed by atoms with van der Waals surface area (Å²) in [5.74, 6) is 0.813. The highest BCUT2D eigenvalue weighted by atomic mass is 32.1. The van der Waals surface area contributed by atoms with Crippen molar-refractivity contribution in [2.75, 3.05) is 19.0 Å². The number of anilines is 1. The number of hydrogen-bond acceptors (Lipinski definition) is 6. The minimum absolute atomic E-state index is 0.0929. The Labute approximate surface area is 180 Å². The third kappa shape index (κ3) is 4.33. The number of likely N-dealkylation sites (tertiary alicyclic amines) is 1. The van der Waals surface area contributed by atoms with E-state index < -0.39 is 0 Å². The Bertz CT molecular complexity index is 911. The Morgan fingerprint density at radius 2 is 2.07 bits per heavy atom. The maximum Gasteiger partial charge on any atom is 0.231 e. The molecule has 1 aromatic heterocycles. The molecule has 0 bridgehead atoms. The largest absolute Gasteiger partial charge is 0.496 e. The minimum atomic E-state index is -0.371. The summed E-state index contributed by atoms with van der Waals surface area (Å²) in [6.45, 7) is 2.73. The van der Waals surface area contributed by atoms with Crippen LogP contribution in [0.2, 0.25) is 0 Å². The van der Waals surface area contributed by atoms with E-state index in [9.17, 15) is 9.59 Å². The summed E-state index contributed by atoms with van der Waals surface area (Å²) in [5, 5.41) is 12.9. The molecule has 1 N–H and O–H groups in total. The fraction of sp³-hybridized carbons (Fsp3) is 0.545. The highest BCUT2D eigenvalue weighted by molar-refractivity contribution is 7.15. The van der Waals surface area contributed by atoms with Crippen LogP contribution >= 0.6 is 11.3 Å². The van der Waals surface area contributed by atoms with Gasteiger partial charge in [0.1, 0.15) is 10.8 Å². The number of ether oxygens (including phenoxy) is 1. The van der Waals surface area contributed by atoms with Gasteiger partial charge in [0, 0.05) is 24.4 Å². The molecule has 1 aliphatic heterocycles. The van der Waals surface area contributed by atoms with Crippen molar-refractivity contribution in [3.05, 3.63) is 34.8 Å². The molecule has 1 saturated carbocycles. The Balaban J connectivity index is 1.62. The van der Waals surface area contributed by atoms with Crippen molar-refractivity contribution in [3.8, 4) is 5.75 Å². The lowest BCUT2D eigenvalue weighted by atomic mass is 9.83. The zero-order valence-electron chi connectivity index (χ0n) is 17.5. The first-order valence-electron chi connectivity index (χ1n) is 10.7. The number of benzene rings is 1. The average molecular weight is 429 g/mol. The molecular formula is C22H28N4O3S. The quantitative estimate of drug-likeness (QED) is 0.683. The molecule has 2 atom stereocenters. The maximum absolute atomic E-state index is 13.3. The lowest BCUT2D eigenvalue weighted by Gasteiger charge is -2.41. The normalized spacial score (nSPS) is 21.5. The van der Waals surface area contributed by atoms with Gasteiger partial charge in [0.25, 0.3) is 0 Å². The molecule has 30 heavy (non-hydrogen) atoms. The molecule has 1 aromatic carbocycles. The summed E-state index contributed by atoms with van der Waals surface area (Å²) >= 11 is 1.46. The third-order valence-corrected chi connectivity index (χ3v) is 6.85. The second-order valence-corrected chi connectivity index (χ2v) is 8.99. The van der Waals surface area contributed by atoms with E-state index in [1.54, 1.807) is 7.11 Å². The van der Waals surface area contributed by atoms with Crippen LogP contribution in [0.4, 0.5) is 5.13 Å². The molecule has 160 valence electrons. The minimum Gasteiger partial charge on any atom is -0.496 e. The van der Waals surface area contributed by atoms with E-state index in [4.69, 9.17) is 4.74 Å². The Morgan fingerprint density at radius 3 is 2.80 bits per heavy atom. The first-order valence-corrected chi connectivity index (χ1v) is 11.5. The first-order chi connectivity index (χ1) is 14.6. The number of carbonyl (C=O) groups is 2. The molecule has 7 nitrogen and oxygen atoms in total. The number of hydrogen-bond donors (Lipinski definition) is 1. The maximum atomic E-state index is 13.3. The molecule has 2 amide bonds. The van der Waals surface area contributed by atoms with E-state index in [-0.39, 0.29) is 23.8 Å². The number of methoxy groups -OCH3 is 1. The van der Waals surface area contributed by atoms with Crippen LogP contribution in [0, 0.1) is 5.92 Å². The molecule has 2 aliphatic rings. The number of para-hydroxylation sites is 1. The van der Waals surface area contributed by atoms with Crippen LogP contribution in [0.5, 0.6) is 5.75 Å². The Kier molecular flexibility index (Phi) is 6.32. The average Bonchev–Trinajstić information content (AvgIpc) is 3.51. The van der Waals surface area contributed by atoms with Gasteiger partial charge in [-0.1, -0.05) is 42.9 Å². The first kappa shape index (κ1) is 20.8. The van der Waals surface area contributed by atoms with Crippen molar-refractivity contribution in [1.29, 1.82) is 0 Å². The molecular weight excluding hydrogens is 400 g/mol. The molecule has 2 heterocycles. The summed E-state index contributed by atoms with van der Waals surface area (Å²) < 4.78 is 5.58. The third-order valence-electron chi connectivity index (χ3n) is 5.85. The zero-order chi connectivity index (χ0) is 21.1. The second-order valence-electron chi connectivity index (χ2n) is 7.98. The Hall–Kier alpha value is -2.48. The van der Waals surface area contributed by atoms with E-state index in [2.05, 4.69) is 22.4 Å². The fourth-order valence-electron chi connectivity index (χ4n) is 4.09. The van der Waals surface area contributed by atoms with Crippen LogP contribution < -0.4 is 10.1 Å². The highest BCUT2D eigenvalue weighted by Gasteiger charge is 2.42. The number of carbonyl (C=O) groups excluding carboxylic acids is 2. The summed E-state index contributed by atoms with van der Waals surface area (Å²) in [6, 6.07) is 7.31.